The van der Waals surface area contributed by atoms with Crippen LogP contribution in [0, 0.1) is 0 Å². The number of aliphatic hydroxyl groups is 1. The Labute approximate surface area is 119 Å². The zero-order valence-electron chi connectivity index (χ0n) is 13.1. The van der Waals surface area contributed by atoms with E-state index in [1.54, 1.807) is 7.11 Å². The molecular weight excluding hydrogens is 236 g/mol. The maximum atomic E-state index is 10.4. The Morgan fingerprint density at radius 2 is 1.53 bits per heavy atom. The highest BCUT2D eigenvalue weighted by Gasteiger charge is 2.38. The second kappa shape index (κ2) is 9.77. The van der Waals surface area contributed by atoms with E-state index in [1.807, 2.05) is 0 Å². The van der Waals surface area contributed by atoms with Crippen molar-refractivity contribution in [1.29, 1.82) is 0 Å². The van der Waals surface area contributed by atoms with Crippen molar-refractivity contribution in [3.63, 3.8) is 0 Å². The highest BCUT2D eigenvalue weighted by Crippen LogP contribution is 2.35. The van der Waals surface area contributed by atoms with Gasteiger partial charge in [0.2, 0.25) is 0 Å². The van der Waals surface area contributed by atoms with Crippen LogP contribution >= 0.6 is 0 Å². The predicted molar refractivity (Wildman–Crippen MR) is 81.4 cm³/mol. The molecule has 2 heteroatoms. The van der Waals surface area contributed by atoms with Gasteiger partial charge in [-0.3, -0.25) is 0 Å². The first kappa shape index (κ1) is 17.0. The molecule has 2 nitrogen and oxygen atoms in total. The average Bonchev–Trinajstić information content (AvgIpc) is 2.46. The molecule has 0 bridgehead atoms. The quantitative estimate of drug-likeness (QED) is 0.576. The average molecular weight is 270 g/mol. The van der Waals surface area contributed by atoms with E-state index in [4.69, 9.17) is 4.74 Å². The molecule has 0 aliphatic heterocycles. The van der Waals surface area contributed by atoms with Crippen molar-refractivity contribution < 1.29 is 9.84 Å². The Hall–Kier alpha value is -0.0800. The fourth-order valence-corrected chi connectivity index (χ4v) is 3.38. The van der Waals surface area contributed by atoms with E-state index >= 15 is 0 Å². The van der Waals surface area contributed by atoms with Gasteiger partial charge in [-0.25, -0.2) is 0 Å². The molecule has 0 radical (unpaired) electrons. The van der Waals surface area contributed by atoms with Crippen LogP contribution in [0.1, 0.15) is 90.4 Å². The lowest BCUT2D eigenvalue weighted by Crippen LogP contribution is -2.45. The summed E-state index contributed by atoms with van der Waals surface area (Å²) in [5.74, 6) is 0. The molecule has 0 spiro atoms. The van der Waals surface area contributed by atoms with Gasteiger partial charge < -0.3 is 9.84 Å². The van der Waals surface area contributed by atoms with E-state index in [9.17, 15) is 5.11 Å². The monoisotopic (exact) mass is 270 g/mol. The first-order valence-corrected chi connectivity index (χ1v) is 8.48. The number of methoxy groups -OCH3 is 1. The minimum absolute atomic E-state index is 0.222. The van der Waals surface area contributed by atoms with Crippen molar-refractivity contribution in [3.05, 3.63) is 0 Å². The van der Waals surface area contributed by atoms with Gasteiger partial charge >= 0.3 is 0 Å². The van der Waals surface area contributed by atoms with E-state index in [-0.39, 0.29) is 11.7 Å². The molecule has 1 aliphatic carbocycles. The summed E-state index contributed by atoms with van der Waals surface area (Å²) in [5.41, 5.74) is -0.222. The van der Waals surface area contributed by atoms with E-state index in [0.717, 1.165) is 25.7 Å². The third kappa shape index (κ3) is 5.83. The van der Waals surface area contributed by atoms with Crippen LogP contribution in [-0.2, 0) is 4.74 Å². The van der Waals surface area contributed by atoms with Crippen molar-refractivity contribution in [2.45, 2.75) is 102 Å². The molecule has 1 unspecified atom stereocenters. The van der Waals surface area contributed by atoms with E-state index < -0.39 is 0 Å². The van der Waals surface area contributed by atoms with Crippen LogP contribution in [0.25, 0.3) is 0 Å². The topological polar surface area (TPSA) is 29.5 Å². The largest absolute Gasteiger partial charge is 0.390 e. The second-order valence-corrected chi connectivity index (χ2v) is 6.26. The summed E-state index contributed by atoms with van der Waals surface area (Å²) in [5, 5.41) is 10.4. The first-order chi connectivity index (χ1) is 9.25. The molecule has 114 valence electrons. The summed E-state index contributed by atoms with van der Waals surface area (Å²) >= 11 is 0. The van der Waals surface area contributed by atoms with Crippen LogP contribution in [0.15, 0.2) is 0 Å². The maximum Gasteiger partial charge on any atom is 0.0936 e. The van der Waals surface area contributed by atoms with Gasteiger partial charge in [-0.1, -0.05) is 71.1 Å². The molecular formula is C17H34O2. The minimum atomic E-state index is -0.256. The van der Waals surface area contributed by atoms with Gasteiger partial charge in [-0.2, -0.15) is 0 Å². The van der Waals surface area contributed by atoms with E-state index in [1.165, 1.54) is 57.8 Å². The molecule has 1 aliphatic rings. The lowest BCUT2D eigenvalue weighted by molar-refractivity contribution is -0.125. The molecule has 0 heterocycles. The molecule has 1 fully saturated rings. The van der Waals surface area contributed by atoms with Gasteiger partial charge in [0.15, 0.2) is 0 Å². The van der Waals surface area contributed by atoms with E-state index in [0.29, 0.717) is 0 Å². The number of hydrogen-bond acceptors (Lipinski definition) is 2. The normalized spacial score (nSPS) is 20.4. The zero-order valence-corrected chi connectivity index (χ0v) is 13.1. The Kier molecular flexibility index (Phi) is 8.72. The molecule has 0 amide bonds. The second-order valence-electron chi connectivity index (χ2n) is 6.26. The zero-order chi connectivity index (χ0) is 14.0. The van der Waals surface area contributed by atoms with Crippen LogP contribution in [0.5, 0.6) is 0 Å². The van der Waals surface area contributed by atoms with Gasteiger partial charge in [0, 0.05) is 7.11 Å². The smallest absolute Gasteiger partial charge is 0.0936 e. The Bertz CT molecular complexity index is 209. The molecule has 0 aromatic rings. The molecule has 0 aromatic carbocycles. The molecule has 1 N–H and O–H groups in total. The predicted octanol–water partition coefficient (Wildman–Crippen LogP) is 4.84. The summed E-state index contributed by atoms with van der Waals surface area (Å²) in [4.78, 5) is 0. The number of rotatable bonds is 10. The van der Waals surface area contributed by atoms with Crippen molar-refractivity contribution in [2.75, 3.05) is 7.11 Å². The van der Waals surface area contributed by atoms with Gasteiger partial charge in [0.1, 0.15) is 0 Å². The van der Waals surface area contributed by atoms with Crippen molar-refractivity contribution in [2.24, 2.45) is 0 Å². The lowest BCUT2D eigenvalue weighted by atomic mass is 9.79. The summed E-state index contributed by atoms with van der Waals surface area (Å²) < 4.78 is 5.70. The van der Waals surface area contributed by atoms with Gasteiger partial charge in [-0.15, -0.1) is 0 Å². The fraction of sp³-hybridized carbons (Fsp3) is 1.00. The van der Waals surface area contributed by atoms with E-state index in [2.05, 4.69) is 6.92 Å². The van der Waals surface area contributed by atoms with Crippen LogP contribution in [-0.4, -0.2) is 23.9 Å². The molecule has 19 heavy (non-hydrogen) atoms. The molecule has 1 saturated carbocycles. The third-order valence-electron chi connectivity index (χ3n) is 4.79. The summed E-state index contributed by atoms with van der Waals surface area (Å²) in [6, 6.07) is 0. The molecule has 1 rings (SSSR count). The molecule has 0 saturated heterocycles. The Morgan fingerprint density at radius 3 is 2.11 bits per heavy atom. The van der Waals surface area contributed by atoms with Gasteiger partial charge in [0.05, 0.1) is 11.7 Å². The maximum absolute atomic E-state index is 10.4. The third-order valence-corrected chi connectivity index (χ3v) is 4.79. The number of ether oxygens (including phenoxy) is 1. The number of unbranched alkanes of at least 4 members (excludes halogenated alkanes) is 6. The Balaban J connectivity index is 2.13. The fourth-order valence-electron chi connectivity index (χ4n) is 3.38. The summed E-state index contributed by atoms with van der Waals surface area (Å²) in [7, 11) is 1.78. The summed E-state index contributed by atoms with van der Waals surface area (Å²) in [6.45, 7) is 2.25. The van der Waals surface area contributed by atoms with Crippen LogP contribution in [0.3, 0.4) is 0 Å². The van der Waals surface area contributed by atoms with Crippen LogP contribution in [0.4, 0.5) is 0 Å². The minimum Gasteiger partial charge on any atom is -0.390 e. The van der Waals surface area contributed by atoms with Crippen molar-refractivity contribution >= 4 is 0 Å². The van der Waals surface area contributed by atoms with Crippen LogP contribution < -0.4 is 0 Å². The lowest BCUT2D eigenvalue weighted by Gasteiger charge is -2.40. The highest BCUT2D eigenvalue weighted by atomic mass is 16.5. The highest BCUT2D eigenvalue weighted by molar-refractivity contribution is 4.90. The van der Waals surface area contributed by atoms with Crippen LogP contribution in [0.2, 0.25) is 0 Å². The standard InChI is InChI=1S/C17H34O2/c1-3-4-5-6-7-8-10-13-16(18)17(19-2)14-11-9-12-15-17/h16,18H,3-15H2,1-2H3. The van der Waals surface area contributed by atoms with Crippen molar-refractivity contribution in [3.8, 4) is 0 Å². The van der Waals surface area contributed by atoms with Gasteiger partial charge in [0.25, 0.3) is 0 Å². The number of hydrogen-bond donors (Lipinski definition) is 1. The molecule has 0 aromatic heterocycles. The SMILES string of the molecule is CCCCCCCCCC(O)C1(OC)CCCCC1. The molecule has 1 atom stereocenters. The Morgan fingerprint density at radius 1 is 0.947 bits per heavy atom. The summed E-state index contributed by atoms with van der Waals surface area (Å²) in [6.07, 6.45) is 15.6. The van der Waals surface area contributed by atoms with Crippen molar-refractivity contribution in [1.82, 2.24) is 0 Å². The first-order valence-electron chi connectivity index (χ1n) is 8.48. The van der Waals surface area contributed by atoms with Gasteiger partial charge in [-0.05, 0) is 19.3 Å². The number of aliphatic hydroxyl groups excluding tert-OH is 1.